The van der Waals surface area contributed by atoms with Crippen LogP contribution in [0.15, 0.2) is 6.07 Å². The standard InChI is InChI=1S/C6H8N2O2S/c1-4-3-5(8-11-4)6(9)7-10-2/h3H,1-2H3,(H,7,9). The summed E-state index contributed by atoms with van der Waals surface area (Å²) in [7, 11) is 1.39. The maximum absolute atomic E-state index is 11.0. The Kier molecular flexibility index (Phi) is 2.56. The summed E-state index contributed by atoms with van der Waals surface area (Å²) in [5, 5.41) is 0. The fraction of sp³-hybridized carbons (Fsp3) is 0.333. The molecule has 1 N–H and O–H groups in total. The third kappa shape index (κ3) is 1.99. The smallest absolute Gasteiger partial charge is 0.277 e. The van der Waals surface area contributed by atoms with Crippen molar-refractivity contribution in [3.05, 3.63) is 16.6 Å². The largest absolute Gasteiger partial charge is 0.294 e. The lowest BCUT2D eigenvalue weighted by molar-refractivity contribution is 0.0533. The molecule has 60 valence electrons. The fourth-order valence-electron chi connectivity index (χ4n) is 0.618. The Morgan fingerprint density at radius 1 is 1.82 bits per heavy atom. The molecule has 11 heavy (non-hydrogen) atoms. The van der Waals surface area contributed by atoms with Crippen LogP contribution in [0.3, 0.4) is 0 Å². The average molecular weight is 172 g/mol. The average Bonchev–Trinajstić information content (AvgIpc) is 2.36. The molecule has 1 aromatic rings. The van der Waals surface area contributed by atoms with Crippen LogP contribution >= 0.6 is 11.5 Å². The summed E-state index contributed by atoms with van der Waals surface area (Å²) < 4.78 is 3.88. The normalized spacial score (nSPS) is 9.64. The highest BCUT2D eigenvalue weighted by molar-refractivity contribution is 7.05. The molecule has 0 aromatic carbocycles. The molecule has 4 nitrogen and oxygen atoms in total. The number of hydroxylamine groups is 1. The minimum atomic E-state index is -0.308. The first-order valence-electron chi connectivity index (χ1n) is 3.00. The summed E-state index contributed by atoms with van der Waals surface area (Å²) in [5.41, 5.74) is 2.58. The van der Waals surface area contributed by atoms with Gasteiger partial charge in [-0.25, -0.2) is 5.48 Å². The van der Waals surface area contributed by atoms with Crippen molar-refractivity contribution in [2.24, 2.45) is 0 Å². The van der Waals surface area contributed by atoms with Crippen LogP contribution in [0.1, 0.15) is 15.4 Å². The number of amides is 1. The molecule has 0 saturated carbocycles. The Hall–Kier alpha value is -0.940. The van der Waals surface area contributed by atoms with Crippen molar-refractivity contribution in [3.8, 4) is 0 Å². The Morgan fingerprint density at radius 2 is 2.55 bits per heavy atom. The van der Waals surface area contributed by atoms with E-state index in [1.165, 1.54) is 18.6 Å². The van der Waals surface area contributed by atoms with Crippen molar-refractivity contribution in [2.75, 3.05) is 7.11 Å². The van der Waals surface area contributed by atoms with Crippen LogP contribution in [0.5, 0.6) is 0 Å². The first-order chi connectivity index (χ1) is 5.24. The highest BCUT2D eigenvalue weighted by Gasteiger charge is 2.07. The van der Waals surface area contributed by atoms with Gasteiger partial charge in [0.2, 0.25) is 0 Å². The minimum absolute atomic E-state index is 0.308. The molecule has 1 rings (SSSR count). The zero-order chi connectivity index (χ0) is 8.27. The van der Waals surface area contributed by atoms with E-state index in [1.54, 1.807) is 6.07 Å². The molecular formula is C6H8N2O2S. The number of aromatic nitrogens is 1. The van der Waals surface area contributed by atoms with Crippen LogP contribution in [-0.4, -0.2) is 17.4 Å². The number of carbonyl (C=O) groups is 1. The minimum Gasteiger partial charge on any atom is -0.277 e. The summed E-state index contributed by atoms with van der Waals surface area (Å²) in [5.74, 6) is -0.308. The number of nitrogens with zero attached hydrogens (tertiary/aromatic N) is 1. The lowest BCUT2D eigenvalue weighted by Gasteiger charge is -1.95. The molecular weight excluding hydrogens is 164 g/mol. The molecule has 0 spiro atoms. The van der Waals surface area contributed by atoms with E-state index >= 15 is 0 Å². The number of carbonyl (C=O) groups excluding carboxylic acids is 1. The van der Waals surface area contributed by atoms with Gasteiger partial charge in [-0.2, -0.15) is 4.37 Å². The number of aryl methyl sites for hydroxylation is 1. The van der Waals surface area contributed by atoms with Crippen molar-refractivity contribution in [2.45, 2.75) is 6.92 Å². The summed E-state index contributed by atoms with van der Waals surface area (Å²) in [6.45, 7) is 1.89. The van der Waals surface area contributed by atoms with Crippen LogP contribution < -0.4 is 5.48 Å². The van der Waals surface area contributed by atoms with Gasteiger partial charge in [0.15, 0.2) is 0 Å². The Labute approximate surface area is 68.3 Å². The van der Waals surface area contributed by atoms with Crippen molar-refractivity contribution in [3.63, 3.8) is 0 Å². The fourth-order valence-corrected chi connectivity index (χ4v) is 1.16. The zero-order valence-electron chi connectivity index (χ0n) is 6.25. The molecule has 1 aromatic heterocycles. The summed E-state index contributed by atoms with van der Waals surface area (Å²) in [6.07, 6.45) is 0. The maximum Gasteiger partial charge on any atom is 0.294 e. The van der Waals surface area contributed by atoms with Gasteiger partial charge in [-0.05, 0) is 24.5 Å². The van der Waals surface area contributed by atoms with Gasteiger partial charge in [-0.1, -0.05) is 0 Å². The third-order valence-corrected chi connectivity index (χ3v) is 1.75. The SMILES string of the molecule is CONC(=O)c1cc(C)sn1. The molecule has 0 atom stereocenters. The first-order valence-corrected chi connectivity index (χ1v) is 3.78. The lowest BCUT2D eigenvalue weighted by Crippen LogP contribution is -2.21. The Morgan fingerprint density at radius 3 is 3.00 bits per heavy atom. The Balaban J connectivity index is 2.69. The number of hydrogen-bond acceptors (Lipinski definition) is 4. The van der Waals surface area contributed by atoms with Crippen molar-refractivity contribution >= 4 is 17.4 Å². The van der Waals surface area contributed by atoms with E-state index in [-0.39, 0.29) is 5.91 Å². The highest BCUT2D eigenvalue weighted by Crippen LogP contribution is 2.07. The molecule has 1 amide bonds. The van der Waals surface area contributed by atoms with E-state index in [2.05, 4.69) is 14.7 Å². The van der Waals surface area contributed by atoms with E-state index in [1.807, 2.05) is 6.92 Å². The molecule has 5 heteroatoms. The Bertz CT molecular complexity index is 259. The molecule has 0 aliphatic carbocycles. The van der Waals surface area contributed by atoms with Gasteiger partial charge in [0, 0.05) is 4.88 Å². The quantitative estimate of drug-likeness (QED) is 0.669. The topological polar surface area (TPSA) is 51.2 Å². The van der Waals surface area contributed by atoms with Gasteiger partial charge >= 0.3 is 0 Å². The number of hydrogen-bond donors (Lipinski definition) is 1. The molecule has 0 saturated heterocycles. The van der Waals surface area contributed by atoms with Crippen LogP contribution in [-0.2, 0) is 4.84 Å². The monoisotopic (exact) mass is 172 g/mol. The van der Waals surface area contributed by atoms with Crippen LogP contribution in [0.4, 0.5) is 0 Å². The second-order valence-corrected chi connectivity index (χ2v) is 2.97. The lowest BCUT2D eigenvalue weighted by atomic mass is 10.4. The molecule has 0 radical (unpaired) electrons. The second kappa shape index (κ2) is 3.45. The predicted octanol–water partition coefficient (Wildman–Crippen LogP) is 0.743. The predicted molar refractivity (Wildman–Crippen MR) is 41.3 cm³/mol. The van der Waals surface area contributed by atoms with Gasteiger partial charge in [0.05, 0.1) is 7.11 Å². The van der Waals surface area contributed by atoms with Crippen molar-refractivity contribution in [1.29, 1.82) is 0 Å². The third-order valence-electron chi connectivity index (χ3n) is 1.06. The molecule has 1 heterocycles. The maximum atomic E-state index is 11.0. The summed E-state index contributed by atoms with van der Waals surface area (Å²) in [6, 6.07) is 1.71. The number of nitrogens with one attached hydrogen (secondary N) is 1. The van der Waals surface area contributed by atoms with E-state index in [4.69, 9.17) is 0 Å². The van der Waals surface area contributed by atoms with Crippen molar-refractivity contribution in [1.82, 2.24) is 9.85 Å². The summed E-state index contributed by atoms with van der Waals surface area (Å²) >= 11 is 1.29. The van der Waals surface area contributed by atoms with E-state index in [0.29, 0.717) is 5.69 Å². The van der Waals surface area contributed by atoms with Gasteiger partial charge in [0.25, 0.3) is 5.91 Å². The molecule has 0 unspecified atom stereocenters. The van der Waals surface area contributed by atoms with Gasteiger partial charge in [-0.3, -0.25) is 9.63 Å². The van der Waals surface area contributed by atoms with Crippen molar-refractivity contribution < 1.29 is 9.63 Å². The zero-order valence-corrected chi connectivity index (χ0v) is 7.07. The molecule has 0 bridgehead atoms. The van der Waals surface area contributed by atoms with Crippen LogP contribution in [0, 0.1) is 6.92 Å². The van der Waals surface area contributed by atoms with E-state index < -0.39 is 0 Å². The van der Waals surface area contributed by atoms with Crippen LogP contribution in [0.2, 0.25) is 0 Å². The summed E-state index contributed by atoms with van der Waals surface area (Å²) in [4.78, 5) is 16.4. The van der Waals surface area contributed by atoms with E-state index in [0.717, 1.165) is 4.88 Å². The highest BCUT2D eigenvalue weighted by atomic mass is 32.1. The molecule has 0 aliphatic rings. The van der Waals surface area contributed by atoms with Gasteiger partial charge in [0.1, 0.15) is 5.69 Å². The van der Waals surface area contributed by atoms with Crippen LogP contribution in [0.25, 0.3) is 0 Å². The second-order valence-electron chi connectivity index (χ2n) is 1.96. The van der Waals surface area contributed by atoms with Gasteiger partial charge in [-0.15, -0.1) is 0 Å². The molecule has 0 aliphatic heterocycles. The number of rotatable bonds is 2. The van der Waals surface area contributed by atoms with E-state index in [9.17, 15) is 4.79 Å². The first kappa shape index (κ1) is 8.16. The molecule has 0 fully saturated rings. The van der Waals surface area contributed by atoms with Gasteiger partial charge < -0.3 is 0 Å².